The van der Waals surface area contributed by atoms with Gasteiger partial charge in [-0.3, -0.25) is 9.59 Å². The lowest BCUT2D eigenvalue weighted by atomic mass is 9.71. The van der Waals surface area contributed by atoms with Crippen molar-refractivity contribution in [3.05, 3.63) is 6.42 Å². The van der Waals surface area contributed by atoms with Gasteiger partial charge in [0, 0.05) is 0 Å². The minimum atomic E-state index is -0.235. The zero-order valence-electron chi connectivity index (χ0n) is 6.54. The monoisotopic (exact) mass is 155 g/mol. The van der Waals surface area contributed by atoms with Crippen molar-refractivity contribution in [3.8, 4) is 0 Å². The number of carbonyl (C=O) groups is 2. The maximum Gasteiger partial charge on any atom is 0.374 e. The minimum Gasteiger partial charge on any atom is -0.382 e. The standard InChI is InChI=1S/C6H12BN2O2/c1-2-3-4-7(8-5-10)9-6-11/h2,5-6H,3-4H2,1H3,(H,8,10)(H,9,11). The van der Waals surface area contributed by atoms with Gasteiger partial charge in [0.2, 0.25) is 0 Å². The molecular weight excluding hydrogens is 143 g/mol. The van der Waals surface area contributed by atoms with Gasteiger partial charge in [0.15, 0.2) is 12.8 Å². The number of hydrogen-bond acceptors (Lipinski definition) is 2. The molecule has 0 aliphatic heterocycles. The molecule has 61 valence electrons. The number of nitrogens with one attached hydrogen (secondary N) is 2. The predicted molar refractivity (Wildman–Crippen MR) is 43.6 cm³/mol. The molecule has 0 aromatic heterocycles. The SMILES string of the molecule is C[CH]CCB(NC=O)NC=O. The minimum absolute atomic E-state index is 0.235. The van der Waals surface area contributed by atoms with Crippen molar-refractivity contribution in [3.63, 3.8) is 0 Å². The van der Waals surface area contributed by atoms with E-state index in [9.17, 15) is 9.59 Å². The Morgan fingerprint density at radius 3 is 2.18 bits per heavy atom. The van der Waals surface area contributed by atoms with Crippen LogP contribution in [0.4, 0.5) is 0 Å². The first-order valence-electron chi connectivity index (χ1n) is 3.52. The fourth-order valence-corrected chi connectivity index (χ4v) is 0.712. The maximum atomic E-state index is 9.98. The van der Waals surface area contributed by atoms with E-state index in [4.69, 9.17) is 0 Å². The molecule has 0 aromatic carbocycles. The highest BCUT2D eigenvalue weighted by Crippen LogP contribution is 1.94. The lowest BCUT2D eigenvalue weighted by Gasteiger charge is -2.07. The zero-order chi connectivity index (χ0) is 8.53. The van der Waals surface area contributed by atoms with E-state index in [1.165, 1.54) is 0 Å². The van der Waals surface area contributed by atoms with Gasteiger partial charge in [-0.25, -0.2) is 0 Å². The van der Waals surface area contributed by atoms with Gasteiger partial charge in [0.05, 0.1) is 0 Å². The van der Waals surface area contributed by atoms with Gasteiger partial charge in [0.25, 0.3) is 0 Å². The molecule has 1 radical (unpaired) electrons. The summed E-state index contributed by atoms with van der Waals surface area (Å²) >= 11 is 0. The van der Waals surface area contributed by atoms with Crippen LogP contribution in [-0.2, 0) is 9.59 Å². The lowest BCUT2D eigenvalue weighted by molar-refractivity contribution is -0.108. The van der Waals surface area contributed by atoms with Gasteiger partial charge in [-0.05, 0) is 12.7 Å². The molecule has 0 bridgehead atoms. The van der Waals surface area contributed by atoms with E-state index >= 15 is 0 Å². The molecule has 0 aliphatic carbocycles. The van der Waals surface area contributed by atoms with Crippen LogP contribution < -0.4 is 10.5 Å². The third kappa shape index (κ3) is 5.45. The molecule has 0 heterocycles. The van der Waals surface area contributed by atoms with E-state index in [1.807, 2.05) is 13.3 Å². The maximum absolute atomic E-state index is 9.98. The average Bonchev–Trinajstić information content (AvgIpc) is 2.01. The van der Waals surface area contributed by atoms with Crippen LogP contribution in [0.3, 0.4) is 0 Å². The summed E-state index contributed by atoms with van der Waals surface area (Å²) in [5.74, 6) is 0. The van der Waals surface area contributed by atoms with E-state index < -0.39 is 0 Å². The largest absolute Gasteiger partial charge is 0.382 e. The van der Waals surface area contributed by atoms with Crippen LogP contribution in [0.15, 0.2) is 0 Å². The van der Waals surface area contributed by atoms with Gasteiger partial charge in [-0.2, -0.15) is 0 Å². The summed E-state index contributed by atoms with van der Waals surface area (Å²) in [5, 5.41) is 4.95. The highest BCUT2D eigenvalue weighted by atomic mass is 16.1. The zero-order valence-corrected chi connectivity index (χ0v) is 6.54. The molecular formula is C6H12BN2O2. The fourth-order valence-electron chi connectivity index (χ4n) is 0.712. The van der Waals surface area contributed by atoms with Crippen LogP contribution >= 0.6 is 0 Å². The van der Waals surface area contributed by atoms with Crippen LogP contribution in [0.5, 0.6) is 0 Å². The number of rotatable bonds is 7. The van der Waals surface area contributed by atoms with Crippen molar-refractivity contribution >= 4 is 19.8 Å². The third-order valence-corrected chi connectivity index (χ3v) is 1.28. The van der Waals surface area contributed by atoms with Crippen LogP contribution in [0.2, 0.25) is 6.32 Å². The highest BCUT2D eigenvalue weighted by Gasteiger charge is 2.11. The van der Waals surface area contributed by atoms with E-state index in [0.717, 1.165) is 12.7 Å². The smallest absolute Gasteiger partial charge is 0.374 e. The Morgan fingerprint density at radius 2 is 1.82 bits per heavy atom. The average molecular weight is 155 g/mol. The van der Waals surface area contributed by atoms with Gasteiger partial charge in [0.1, 0.15) is 0 Å². The summed E-state index contributed by atoms with van der Waals surface area (Å²) in [7, 11) is 0. The third-order valence-electron chi connectivity index (χ3n) is 1.28. The van der Waals surface area contributed by atoms with Crippen molar-refractivity contribution in [2.75, 3.05) is 0 Å². The summed E-state index contributed by atoms with van der Waals surface area (Å²) < 4.78 is 0. The summed E-state index contributed by atoms with van der Waals surface area (Å²) in [6.07, 6.45) is 4.74. The molecule has 5 heteroatoms. The summed E-state index contributed by atoms with van der Waals surface area (Å²) in [6, 6.07) is 0. The molecule has 2 N–H and O–H groups in total. The summed E-state index contributed by atoms with van der Waals surface area (Å²) in [4.78, 5) is 20.0. The van der Waals surface area contributed by atoms with Crippen molar-refractivity contribution < 1.29 is 9.59 Å². The van der Waals surface area contributed by atoms with Crippen molar-refractivity contribution in [1.29, 1.82) is 0 Å². The highest BCUT2D eigenvalue weighted by molar-refractivity contribution is 6.57. The first-order chi connectivity index (χ1) is 5.35. The molecule has 0 spiro atoms. The molecule has 11 heavy (non-hydrogen) atoms. The molecule has 0 saturated carbocycles. The predicted octanol–water partition coefficient (Wildman–Crippen LogP) is -0.419. The van der Waals surface area contributed by atoms with Crippen molar-refractivity contribution in [1.82, 2.24) is 10.5 Å². The molecule has 0 atom stereocenters. The van der Waals surface area contributed by atoms with Gasteiger partial charge in [-0.15, -0.1) is 0 Å². The van der Waals surface area contributed by atoms with E-state index in [2.05, 4.69) is 10.5 Å². The topological polar surface area (TPSA) is 58.2 Å². The Morgan fingerprint density at radius 1 is 1.27 bits per heavy atom. The normalized spacial score (nSPS) is 8.45. The second kappa shape index (κ2) is 7.12. The Balaban J connectivity index is 3.49. The summed E-state index contributed by atoms with van der Waals surface area (Å²) in [5.41, 5.74) is 0. The Labute approximate surface area is 66.9 Å². The van der Waals surface area contributed by atoms with Crippen LogP contribution in [-0.4, -0.2) is 19.8 Å². The number of hydrogen-bond donors (Lipinski definition) is 2. The number of carbonyl (C=O) groups excluding carboxylic acids is 2. The first kappa shape index (κ1) is 10.0. The fraction of sp³-hybridized carbons (Fsp3) is 0.500. The molecule has 0 rings (SSSR count). The number of unbranched alkanes of at least 4 members (excludes halogenated alkanes) is 1. The second-order valence-electron chi connectivity index (χ2n) is 2.11. The van der Waals surface area contributed by atoms with Crippen LogP contribution in [0.25, 0.3) is 0 Å². The van der Waals surface area contributed by atoms with Crippen LogP contribution in [0.1, 0.15) is 13.3 Å². The molecule has 0 saturated heterocycles. The van der Waals surface area contributed by atoms with Crippen LogP contribution in [0, 0.1) is 6.42 Å². The molecule has 0 aliphatic rings. The quantitative estimate of drug-likeness (QED) is 0.387. The van der Waals surface area contributed by atoms with E-state index in [1.54, 1.807) is 0 Å². The Bertz CT molecular complexity index is 111. The molecule has 2 amide bonds. The van der Waals surface area contributed by atoms with Gasteiger partial charge in [-0.1, -0.05) is 13.3 Å². The Kier molecular flexibility index (Phi) is 6.47. The molecule has 0 aromatic rings. The van der Waals surface area contributed by atoms with Gasteiger partial charge >= 0.3 is 6.98 Å². The number of amides is 2. The molecule has 0 fully saturated rings. The molecule has 0 unspecified atom stereocenters. The summed E-state index contributed by atoms with van der Waals surface area (Å²) in [6.45, 7) is 1.69. The lowest BCUT2D eigenvalue weighted by Crippen LogP contribution is -2.45. The van der Waals surface area contributed by atoms with Gasteiger partial charge < -0.3 is 10.5 Å². The van der Waals surface area contributed by atoms with Crippen molar-refractivity contribution in [2.45, 2.75) is 19.7 Å². The Hall–Kier alpha value is -0.995. The van der Waals surface area contributed by atoms with E-state index in [0.29, 0.717) is 12.8 Å². The van der Waals surface area contributed by atoms with Crippen molar-refractivity contribution in [2.24, 2.45) is 0 Å². The van der Waals surface area contributed by atoms with E-state index in [-0.39, 0.29) is 6.98 Å². The molecule has 4 nitrogen and oxygen atoms in total. The first-order valence-corrected chi connectivity index (χ1v) is 3.52. The second-order valence-corrected chi connectivity index (χ2v) is 2.11.